The van der Waals surface area contributed by atoms with Crippen LogP contribution in [0.4, 0.5) is 5.69 Å². The molecule has 1 aliphatic rings. The summed E-state index contributed by atoms with van der Waals surface area (Å²) in [5.74, 6) is 0.594. The third kappa shape index (κ3) is 2.74. The number of carbonyl (C=O) groups is 1. The van der Waals surface area contributed by atoms with Gasteiger partial charge in [0.25, 0.3) is 0 Å². The number of anilines is 1. The molecule has 0 radical (unpaired) electrons. The summed E-state index contributed by atoms with van der Waals surface area (Å²) in [6, 6.07) is 13.2. The minimum atomic E-state index is -0.187. The molecule has 1 heterocycles. The molecule has 0 fully saturated rings. The van der Waals surface area contributed by atoms with Gasteiger partial charge in [-0.15, -0.1) is 0 Å². The van der Waals surface area contributed by atoms with E-state index in [-0.39, 0.29) is 11.8 Å². The van der Waals surface area contributed by atoms with Crippen molar-refractivity contribution in [3.63, 3.8) is 0 Å². The van der Waals surface area contributed by atoms with E-state index >= 15 is 0 Å². The van der Waals surface area contributed by atoms with Crippen LogP contribution in [0.1, 0.15) is 23.5 Å². The second-order valence-corrected chi connectivity index (χ2v) is 5.54. The van der Waals surface area contributed by atoms with Crippen LogP contribution >= 0.6 is 11.6 Å². The maximum atomic E-state index is 12.6. The van der Waals surface area contributed by atoms with E-state index in [4.69, 9.17) is 16.3 Å². The molecule has 3 rings (SSSR count). The van der Waals surface area contributed by atoms with E-state index in [1.54, 1.807) is 0 Å². The lowest BCUT2D eigenvalue weighted by atomic mass is 9.92. The molecule has 108 valence electrons. The van der Waals surface area contributed by atoms with Crippen LogP contribution in [0.5, 0.6) is 5.75 Å². The fourth-order valence-corrected chi connectivity index (χ4v) is 2.75. The largest absolute Gasteiger partial charge is 0.493 e. The van der Waals surface area contributed by atoms with Gasteiger partial charge in [0.2, 0.25) is 5.91 Å². The van der Waals surface area contributed by atoms with Crippen molar-refractivity contribution in [3.8, 4) is 5.75 Å². The summed E-state index contributed by atoms with van der Waals surface area (Å²) in [4.78, 5) is 12.6. The third-order valence-corrected chi connectivity index (χ3v) is 4.21. The van der Waals surface area contributed by atoms with Gasteiger partial charge in [-0.2, -0.15) is 0 Å². The summed E-state index contributed by atoms with van der Waals surface area (Å²) >= 11 is 6.09. The van der Waals surface area contributed by atoms with Crippen LogP contribution < -0.4 is 10.1 Å². The SMILES string of the molecule is Cc1c(Cl)cccc1NC(=O)C1CCOc2ccccc21. The highest BCUT2D eigenvalue weighted by molar-refractivity contribution is 6.31. The van der Waals surface area contributed by atoms with E-state index in [9.17, 15) is 4.79 Å². The number of fused-ring (bicyclic) bond motifs is 1. The number of amides is 1. The van der Waals surface area contributed by atoms with Crippen LogP contribution in [0.3, 0.4) is 0 Å². The van der Waals surface area contributed by atoms with E-state index in [0.29, 0.717) is 18.1 Å². The quantitative estimate of drug-likeness (QED) is 0.905. The van der Waals surface area contributed by atoms with Gasteiger partial charge in [0.1, 0.15) is 5.75 Å². The first kappa shape index (κ1) is 14.0. The Morgan fingerprint density at radius 2 is 2.05 bits per heavy atom. The fourth-order valence-electron chi connectivity index (χ4n) is 2.58. The Bertz CT molecular complexity index is 684. The maximum Gasteiger partial charge on any atom is 0.232 e. The van der Waals surface area contributed by atoms with E-state index in [1.807, 2.05) is 49.4 Å². The van der Waals surface area contributed by atoms with Gasteiger partial charge >= 0.3 is 0 Å². The Balaban J connectivity index is 1.85. The molecule has 1 N–H and O–H groups in total. The molecule has 2 aromatic carbocycles. The molecule has 21 heavy (non-hydrogen) atoms. The summed E-state index contributed by atoms with van der Waals surface area (Å²) in [5.41, 5.74) is 2.59. The van der Waals surface area contributed by atoms with Crippen molar-refractivity contribution < 1.29 is 9.53 Å². The van der Waals surface area contributed by atoms with Crippen molar-refractivity contribution >= 4 is 23.2 Å². The fraction of sp³-hybridized carbons (Fsp3) is 0.235. The lowest BCUT2D eigenvalue weighted by Gasteiger charge is -2.25. The molecular formula is C17H16ClNO2. The monoisotopic (exact) mass is 301 g/mol. The van der Waals surface area contributed by atoms with Gasteiger partial charge < -0.3 is 10.1 Å². The Hall–Kier alpha value is -2.00. The third-order valence-electron chi connectivity index (χ3n) is 3.80. The molecule has 1 atom stereocenters. The van der Waals surface area contributed by atoms with Gasteiger partial charge in [-0.25, -0.2) is 0 Å². The molecule has 4 heteroatoms. The van der Waals surface area contributed by atoms with Crippen LogP contribution in [0.25, 0.3) is 0 Å². The molecule has 1 aliphatic heterocycles. The van der Waals surface area contributed by atoms with Crippen LogP contribution in [0.2, 0.25) is 5.02 Å². The highest BCUT2D eigenvalue weighted by atomic mass is 35.5. The molecule has 0 saturated carbocycles. The molecule has 0 spiro atoms. The number of hydrogen-bond donors (Lipinski definition) is 1. The number of nitrogens with one attached hydrogen (secondary N) is 1. The zero-order valence-corrected chi connectivity index (χ0v) is 12.5. The van der Waals surface area contributed by atoms with Gasteiger partial charge in [-0.05, 0) is 37.1 Å². The molecule has 0 aliphatic carbocycles. The summed E-state index contributed by atoms with van der Waals surface area (Å²) in [6.45, 7) is 2.46. The first-order valence-corrected chi connectivity index (χ1v) is 7.32. The molecule has 3 nitrogen and oxygen atoms in total. The molecule has 2 aromatic rings. The molecule has 0 saturated heterocycles. The number of ether oxygens (including phenoxy) is 1. The van der Waals surface area contributed by atoms with Gasteiger partial charge in [0.05, 0.1) is 12.5 Å². The number of hydrogen-bond acceptors (Lipinski definition) is 2. The zero-order chi connectivity index (χ0) is 14.8. The van der Waals surface area contributed by atoms with E-state index in [2.05, 4.69) is 5.32 Å². The Labute approximate surface area is 128 Å². The average molecular weight is 302 g/mol. The molecule has 1 amide bonds. The van der Waals surface area contributed by atoms with Crippen molar-refractivity contribution in [3.05, 3.63) is 58.6 Å². The summed E-state index contributed by atoms with van der Waals surface area (Å²) in [5, 5.41) is 3.64. The highest BCUT2D eigenvalue weighted by Gasteiger charge is 2.27. The maximum absolute atomic E-state index is 12.6. The number of carbonyl (C=O) groups excluding carboxylic acids is 1. The molecule has 1 unspecified atom stereocenters. The molecular weight excluding hydrogens is 286 g/mol. The van der Waals surface area contributed by atoms with E-state index in [0.717, 1.165) is 22.6 Å². The lowest BCUT2D eigenvalue weighted by molar-refractivity contribution is -0.118. The standard InChI is InChI=1S/C17H16ClNO2/c1-11-14(18)6-4-7-15(11)19-17(20)13-9-10-21-16-8-3-2-5-12(13)16/h2-8,13H,9-10H2,1H3,(H,19,20). The zero-order valence-electron chi connectivity index (χ0n) is 11.7. The van der Waals surface area contributed by atoms with Crippen molar-refractivity contribution in [2.45, 2.75) is 19.3 Å². The predicted octanol–water partition coefficient (Wildman–Crippen LogP) is 4.15. The van der Waals surface area contributed by atoms with Crippen molar-refractivity contribution in [1.82, 2.24) is 0 Å². The number of para-hydroxylation sites is 1. The van der Waals surface area contributed by atoms with Crippen LogP contribution in [0, 0.1) is 6.92 Å². The highest BCUT2D eigenvalue weighted by Crippen LogP contribution is 2.34. The minimum Gasteiger partial charge on any atom is -0.493 e. The smallest absolute Gasteiger partial charge is 0.232 e. The van der Waals surface area contributed by atoms with Crippen LogP contribution in [-0.2, 0) is 4.79 Å². The van der Waals surface area contributed by atoms with Crippen molar-refractivity contribution in [1.29, 1.82) is 0 Å². The first-order valence-electron chi connectivity index (χ1n) is 6.94. The predicted molar refractivity (Wildman–Crippen MR) is 84.1 cm³/mol. The van der Waals surface area contributed by atoms with Crippen molar-refractivity contribution in [2.24, 2.45) is 0 Å². The number of rotatable bonds is 2. The van der Waals surface area contributed by atoms with E-state index in [1.165, 1.54) is 0 Å². The molecule has 0 bridgehead atoms. The second kappa shape index (κ2) is 5.78. The Kier molecular flexibility index (Phi) is 3.84. The normalized spacial score (nSPS) is 16.8. The topological polar surface area (TPSA) is 38.3 Å². The van der Waals surface area contributed by atoms with Gasteiger partial charge in [-0.3, -0.25) is 4.79 Å². The van der Waals surface area contributed by atoms with Crippen LogP contribution in [0.15, 0.2) is 42.5 Å². The summed E-state index contributed by atoms with van der Waals surface area (Å²) < 4.78 is 5.60. The second-order valence-electron chi connectivity index (χ2n) is 5.13. The van der Waals surface area contributed by atoms with E-state index < -0.39 is 0 Å². The molecule has 0 aromatic heterocycles. The summed E-state index contributed by atoms with van der Waals surface area (Å²) in [7, 11) is 0. The average Bonchev–Trinajstić information content (AvgIpc) is 2.51. The first-order chi connectivity index (χ1) is 10.2. The number of benzene rings is 2. The lowest BCUT2D eigenvalue weighted by Crippen LogP contribution is -2.26. The van der Waals surface area contributed by atoms with Gasteiger partial charge in [0, 0.05) is 16.3 Å². The minimum absolute atomic E-state index is 0.0175. The van der Waals surface area contributed by atoms with Crippen molar-refractivity contribution in [2.75, 3.05) is 11.9 Å². The summed E-state index contributed by atoms with van der Waals surface area (Å²) in [6.07, 6.45) is 0.683. The Morgan fingerprint density at radius 3 is 2.90 bits per heavy atom. The van der Waals surface area contributed by atoms with Gasteiger partial charge in [-0.1, -0.05) is 35.9 Å². The van der Waals surface area contributed by atoms with Gasteiger partial charge in [0.15, 0.2) is 0 Å². The number of halogens is 1. The van der Waals surface area contributed by atoms with Crippen LogP contribution in [-0.4, -0.2) is 12.5 Å². The Morgan fingerprint density at radius 1 is 1.24 bits per heavy atom.